The highest BCUT2D eigenvalue weighted by atomic mass is 35.5. The fraction of sp³-hybridized carbons (Fsp3) is 0.438. The number of hydrogen-bond acceptors (Lipinski definition) is 2. The van der Waals surface area contributed by atoms with Gasteiger partial charge in [-0.1, -0.05) is 23.7 Å². The molecule has 0 bridgehead atoms. The summed E-state index contributed by atoms with van der Waals surface area (Å²) in [5.74, 6) is -0.208. The molecule has 0 aliphatic carbocycles. The van der Waals surface area contributed by atoms with Gasteiger partial charge in [0, 0.05) is 24.2 Å². The average Bonchev–Trinajstić information content (AvgIpc) is 2.88. The standard InChI is InChI=1S/C16H18ClF3N2O/c17-14-3-1-2-12(8-14)4-5-15(23)21-9-13-6-7-22(10-13)11-16(18,19)20/h1-5,8,13H,6-7,9-11H2,(H,21,23)/b5-4-/t13-/m1/s1. The normalized spacial score (nSPS) is 19.4. The van der Waals surface area contributed by atoms with Crippen LogP contribution in [0.4, 0.5) is 13.2 Å². The quantitative estimate of drug-likeness (QED) is 0.829. The van der Waals surface area contributed by atoms with Gasteiger partial charge in [0.2, 0.25) is 5.91 Å². The zero-order valence-corrected chi connectivity index (χ0v) is 13.2. The number of carbonyl (C=O) groups is 1. The van der Waals surface area contributed by atoms with Crippen molar-refractivity contribution in [1.29, 1.82) is 0 Å². The van der Waals surface area contributed by atoms with Crippen molar-refractivity contribution in [3.8, 4) is 0 Å². The van der Waals surface area contributed by atoms with E-state index in [1.165, 1.54) is 11.0 Å². The van der Waals surface area contributed by atoms with Crippen LogP contribution in [0.5, 0.6) is 0 Å². The third-order valence-corrected chi connectivity index (χ3v) is 3.85. The van der Waals surface area contributed by atoms with Crippen LogP contribution in [-0.4, -0.2) is 43.2 Å². The molecule has 0 unspecified atom stereocenters. The van der Waals surface area contributed by atoms with Gasteiger partial charge in [0.25, 0.3) is 0 Å². The first kappa shape index (κ1) is 17.8. The van der Waals surface area contributed by atoms with Crippen molar-refractivity contribution in [2.75, 3.05) is 26.2 Å². The molecule has 0 aromatic heterocycles. The molecule has 1 aromatic rings. The minimum atomic E-state index is -4.17. The summed E-state index contributed by atoms with van der Waals surface area (Å²) >= 11 is 5.85. The van der Waals surface area contributed by atoms with Crippen molar-refractivity contribution in [1.82, 2.24) is 10.2 Å². The second kappa shape index (κ2) is 7.84. The van der Waals surface area contributed by atoms with Gasteiger partial charge >= 0.3 is 6.18 Å². The number of likely N-dealkylation sites (tertiary alicyclic amines) is 1. The number of hydrogen-bond donors (Lipinski definition) is 1. The summed E-state index contributed by atoms with van der Waals surface area (Å²) in [6.45, 7) is 0.273. The van der Waals surface area contributed by atoms with E-state index in [4.69, 9.17) is 11.6 Å². The summed E-state index contributed by atoms with van der Waals surface area (Å²) in [6, 6.07) is 7.08. The number of carbonyl (C=O) groups excluding carboxylic acids is 1. The molecule has 0 spiro atoms. The lowest BCUT2D eigenvalue weighted by molar-refractivity contribution is -0.143. The van der Waals surface area contributed by atoms with Crippen LogP contribution < -0.4 is 5.32 Å². The smallest absolute Gasteiger partial charge is 0.352 e. The predicted molar refractivity (Wildman–Crippen MR) is 84.1 cm³/mol. The van der Waals surface area contributed by atoms with Crippen molar-refractivity contribution in [3.05, 3.63) is 40.9 Å². The van der Waals surface area contributed by atoms with E-state index in [2.05, 4.69) is 5.32 Å². The molecule has 1 atom stereocenters. The molecule has 7 heteroatoms. The van der Waals surface area contributed by atoms with Gasteiger partial charge in [0.1, 0.15) is 0 Å². The van der Waals surface area contributed by atoms with E-state index < -0.39 is 12.7 Å². The Labute approximate surface area is 138 Å². The number of benzene rings is 1. The summed E-state index contributed by atoms with van der Waals surface area (Å²) in [7, 11) is 0. The van der Waals surface area contributed by atoms with Crippen LogP contribution >= 0.6 is 11.6 Å². The fourth-order valence-corrected chi connectivity index (χ4v) is 2.76. The van der Waals surface area contributed by atoms with E-state index in [1.54, 1.807) is 24.3 Å². The molecule has 0 radical (unpaired) electrons. The SMILES string of the molecule is O=C(/C=C\c1cccc(Cl)c1)NC[C@H]1CCN(CC(F)(F)F)C1. The molecule has 1 amide bonds. The maximum Gasteiger partial charge on any atom is 0.401 e. The van der Waals surface area contributed by atoms with Crippen LogP contribution in [0.15, 0.2) is 30.3 Å². The number of halogens is 4. The van der Waals surface area contributed by atoms with Crippen molar-refractivity contribution in [3.63, 3.8) is 0 Å². The van der Waals surface area contributed by atoms with Crippen LogP contribution in [0.3, 0.4) is 0 Å². The van der Waals surface area contributed by atoms with Crippen LogP contribution in [-0.2, 0) is 4.79 Å². The number of rotatable bonds is 5. The van der Waals surface area contributed by atoms with Gasteiger partial charge < -0.3 is 5.32 Å². The van der Waals surface area contributed by atoms with E-state index in [0.717, 1.165) is 5.56 Å². The topological polar surface area (TPSA) is 32.3 Å². The van der Waals surface area contributed by atoms with E-state index in [-0.39, 0.29) is 11.8 Å². The molecular formula is C16H18ClF3N2O. The lowest BCUT2D eigenvalue weighted by Gasteiger charge is -2.17. The molecule has 23 heavy (non-hydrogen) atoms. The lowest BCUT2D eigenvalue weighted by atomic mass is 10.1. The molecule has 1 saturated heterocycles. The highest BCUT2D eigenvalue weighted by Gasteiger charge is 2.34. The molecule has 1 aliphatic rings. The van der Waals surface area contributed by atoms with E-state index in [9.17, 15) is 18.0 Å². The molecule has 1 heterocycles. The first-order valence-electron chi connectivity index (χ1n) is 7.32. The second-order valence-electron chi connectivity index (χ2n) is 5.64. The van der Waals surface area contributed by atoms with Crippen LogP contribution in [0.1, 0.15) is 12.0 Å². The molecule has 1 fully saturated rings. The third-order valence-electron chi connectivity index (χ3n) is 3.61. The number of nitrogens with one attached hydrogen (secondary N) is 1. The molecule has 3 nitrogen and oxygen atoms in total. The maximum atomic E-state index is 12.3. The van der Waals surface area contributed by atoms with Gasteiger partial charge in [-0.05, 0) is 42.7 Å². The molecule has 2 rings (SSSR count). The van der Waals surface area contributed by atoms with Crippen molar-refractivity contribution in [2.45, 2.75) is 12.6 Å². The first-order valence-corrected chi connectivity index (χ1v) is 7.70. The Morgan fingerprint density at radius 2 is 2.22 bits per heavy atom. The van der Waals surface area contributed by atoms with Crippen molar-refractivity contribution >= 4 is 23.6 Å². The maximum absolute atomic E-state index is 12.3. The fourth-order valence-electron chi connectivity index (χ4n) is 2.56. The summed E-state index contributed by atoms with van der Waals surface area (Å²) in [5.41, 5.74) is 0.810. The first-order chi connectivity index (χ1) is 10.8. The van der Waals surface area contributed by atoms with Crippen LogP contribution in [0, 0.1) is 5.92 Å². The highest BCUT2D eigenvalue weighted by Crippen LogP contribution is 2.22. The summed E-state index contributed by atoms with van der Waals surface area (Å²) in [5, 5.41) is 3.31. The van der Waals surface area contributed by atoms with Crippen LogP contribution in [0.2, 0.25) is 5.02 Å². The average molecular weight is 347 g/mol. The molecule has 1 aliphatic heterocycles. The number of amides is 1. The second-order valence-corrected chi connectivity index (χ2v) is 6.07. The van der Waals surface area contributed by atoms with Gasteiger partial charge in [-0.2, -0.15) is 13.2 Å². The zero-order chi connectivity index (χ0) is 16.9. The van der Waals surface area contributed by atoms with E-state index >= 15 is 0 Å². The molecule has 126 valence electrons. The number of nitrogens with zero attached hydrogens (tertiary/aromatic N) is 1. The summed E-state index contributed by atoms with van der Waals surface area (Å²) in [6.07, 6.45) is -0.466. The molecular weight excluding hydrogens is 329 g/mol. The van der Waals surface area contributed by atoms with E-state index in [1.807, 2.05) is 6.07 Å². The third kappa shape index (κ3) is 6.62. The molecule has 1 N–H and O–H groups in total. The highest BCUT2D eigenvalue weighted by molar-refractivity contribution is 6.30. The number of alkyl halides is 3. The monoisotopic (exact) mass is 346 g/mol. The molecule has 0 saturated carbocycles. The Morgan fingerprint density at radius 1 is 1.43 bits per heavy atom. The predicted octanol–water partition coefficient (Wildman–Crippen LogP) is 3.35. The summed E-state index contributed by atoms with van der Waals surface area (Å²) in [4.78, 5) is 13.1. The Kier molecular flexibility index (Phi) is 6.07. The van der Waals surface area contributed by atoms with E-state index in [0.29, 0.717) is 31.1 Å². The van der Waals surface area contributed by atoms with Gasteiger partial charge in [-0.15, -0.1) is 0 Å². The van der Waals surface area contributed by atoms with Crippen molar-refractivity contribution in [2.24, 2.45) is 5.92 Å². The largest absolute Gasteiger partial charge is 0.401 e. The molecule has 1 aromatic carbocycles. The lowest BCUT2D eigenvalue weighted by Crippen LogP contribution is -2.34. The minimum Gasteiger partial charge on any atom is -0.352 e. The Morgan fingerprint density at radius 3 is 2.91 bits per heavy atom. The van der Waals surface area contributed by atoms with Crippen molar-refractivity contribution < 1.29 is 18.0 Å². The van der Waals surface area contributed by atoms with Gasteiger partial charge in [0.05, 0.1) is 6.54 Å². The Bertz CT molecular complexity index is 575. The Balaban J connectivity index is 1.73. The minimum absolute atomic E-state index is 0.0564. The zero-order valence-electron chi connectivity index (χ0n) is 12.4. The van der Waals surface area contributed by atoms with Gasteiger partial charge in [-0.25, -0.2) is 0 Å². The summed E-state index contributed by atoms with van der Waals surface area (Å²) < 4.78 is 36.9. The van der Waals surface area contributed by atoms with Gasteiger partial charge in [0.15, 0.2) is 0 Å². The van der Waals surface area contributed by atoms with Crippen LogP contribution in [0.25, 0.3) is 6.08 Å². The Hall–Kier alpha value is -1.53. The van der Waals surface area contributed by atoms with Gasteiger partial charge in [-0.3, -0.25) is 9.69 Å².